The van der Waals surface area contributed by atoms with Crippen LogP contribution in [0, 0.1) is 11.6 Å². The zero-order chi connectivity index (χ0) is 15.5. The monoisotopic (exact) mass is 317 g/mol. The second-order valence-corrected chi connectivity index (χ2v) is 5.16. The molecule has 1 saturated carbocycles. The number of aromatic nitrogens is 1. The number of nitrogens with zero attached hydrogens (tertiary/aromatic N) is 1. The molecule has 1 heterocycles. The van der Waals surface area contributed by atoms with Crippen LogP contribution in [0.2, 0.25) is 5.02 Å². The molecule has 1 aliphatic carbocycles. The van der Waals surface area contributed by atoms with Crippen LogP contribution in [-0.2, 0) is 0 Å². The van der Waals surface area contributed by atoms with Crippen molar-refractivity contribution in [2.45, 2.75) is 18.6 Å². The van der Waals surface area contributed by atoms with E-state index in [1.54, 1.807) is 0 Å². The van der Waals surface area contributed by atoms with E-state index in [2.05, 4.69) is 0 Å². The molecular formula is C13H7ClF3NO3. The molecule has 8 heteroatoms. The molecule has 1 N–H and O–H groups in total. The number of hydrogen-bond donors (Lipinski definition) is 1. The molecule has 0 bridgehead atoms. The van der Waals surface area contributed by atoms with Gasteiger partial charge in [-0.05, 0) is 6.07 Å². The Morgan fingerprint density at radius 2 is 2.05 bits per heavy atom. The van der Waals surface area contributed by atoms with Gasteiger partial charge >= 0.3 is 5.97 Å². The molecule has 0 saturated heterocycles. The van der Waals surface area contributed by atoms with E-state index in [1.165, 1.54) is 0 Å². The zero-order valence-electron chi connectivity index (χ0n) is 10.2. The number of benzene rings is 1. The van der Waals surface area contributed by atoms with E-state index >= 15 is 0 Å². The number of carbonyl (C=O) groups is 1. The van der Waals surface area contributed by atoms with Gasteiger partial charge in [-0.15, -0.1) is 0 Å². The van der Waals surface area contributed by atoms with Gasteiger partial charge in [-0.25, -0.2) is 18.0 Å². The summed E-state index contributed by atoms with van der Waals surface area (Å²) in [6, 6.07) is -0.161. The summed E-state index contributed by atoms with van der Waals surface area (Å²) in [6.07, 6.45) is -0.242. The van der Waals surface area contributed by atoms with Crippen LogP contribution < -0.4 is 5.43 Å². The molecule has 0 aliphatic heterocycles. The fourth-order valence-electron chi connectivity index (χ4n) is 2.27. The Balaban J connectivity index is 2.49. The summed E-state index contributed by atoms with van der Waals surface area (Å²) in [5, 5.41) is 7.94. The second-order valence-electron chi connectivity index (χ2n) is 4.79. The van der Waals surface area contributed by atoms with E-state index in [0.717, 1.165) is 10.8 Å². The molecule has 1 unspecified atom stereocenters. The fraction of sp³-hybridized carbons (Fsp3) is 0.231. The van der Waals surface area contributed by atoms with E-state index in [1.807, 2.05) is 0 Å². The summed E-state index contributed by atoms with van der Waals surface area (Å²) >= 11 is 5.72. The number of pyridine rings is 1. The van der Waals surface area contributed by atoms with Gasteiger partial charge in [-0.3, -0.25) is 4.79 Å². The van der Waals surface area contributed by atoms with E-state index < -0.39 is 51.2 Å². The highest BCUT2D eigenvalue weighted by molar-refractivity contribution is 6.35. The van der Waals surface area contributed by atoms with Crippen molar-refractivity contribution in [3.63, 3.8) is 0 Å². The highest BCUT2D eigenvalue weighted by Crippen LogP contribution is 2.42. The van der Waals surface area contributed by atoms with E-state index in [9.17, 15) is 22.8 Å². The van der Waals surface area contributed by atoms with E-state index in [4.69, 9.17) is 16.7 Å². The van der Waals surface area contributed by atoms with Gasteiger partial charge in [0, 0.05) is 12.6 Å². The SMILES string of the molecule is O=C(O)c1cn(C2C[C@@H]2F)c2c(Cl)c(F)c(F)cc2c1=O. The highest BCUT2D eigenvalue weighted by Gasteiger charge is 2.40. The first-order valence-corrected chi connectivity index (χ1v) is 6.30. The van der Waals surface area contributed by atoms with Gasteiger partial charge < -0.3 is 9.67 Å². The Hall–Kier alpha value is -2.02. The molecule has 1 fully saturated rings. The lowest BCUT2D eigenvalue weighted by Gasteiger charge is -2.13. The van der Waals surface area contributed by atoms with Gasteiger partial charge in [-0.1, -0.05) is 11.6 Å². The maximum absolute atomic E-state index is 13.6. The summed E-state index contributed by atoms with van der Waals surface area (Å²) in [5.41, 5.74) is -1.84. The largest absolute Gasteiger partial charge is 0.477 e. The van der Waals surface area contributed by atoms with Crippen LogP contribution >= 0.6 is 11.6 Å². The zero-order valence-corrected chi connectivity index (χ0v) is 11.0. The average Bonchev–Trinajstić information content (AvgIpc) is 3.14. The van der Waals surface area contributed by atoms with Crippen molar-refractivity contribution < 1.29 is 23.1 Å². The standard InChI is InChI=1S/C13H7ClF3NO3/c14-9-10(17)7(16)1-4-11(9)18(8-2-6(8)15)3-5(12(4)19)13(20)21/h1,3,6,8H,2H2,(H,20,21)/t6-,8?/m0/s1. The lowest BCUT2D eigenvalue weighted by molar-refractivity contribution is 0.0694. The van der Waals surface area contributed by atoms with E-state index in [-0.39, 0.29) is 11.9 Å². The maximum atomic E-state index is 13.6. The van der Waals surface area contributed by atoms with Gasteiger partial charge in [0.05, 0.1) is 16.9 Å². The Kier molecular flexibility index (Phi) is 2.98. The third kappa shape index (κ3) is 1.99. The van der Waals surface area contributed by atoms with Crippen molar-refractivity contribution in [1.29, 1.82) is 0 Å². The minimum atomic E-state index is -1.53. The van der Waals surface area contributed by atoms with Crippen LogP contribution in [-0.4, -0.2) is 21.8 Å². The number of carboxylic acids is 1. The third-order valence-corrected chi connectivity index (χ3v) is 3.77. The predicted molar refractivity (Wildman–Crippen MR) is 68.6 cm³/mol. The van der Waals surface area contributed by atoms with Crippen LogP contribution in [0.1, 0.15) is 22.8 Å². The first-order valence-electron chi connectivity index (χ1n) is 5.92. The van der Waals surface area contributed by atoms with Gasteiger partial charge in [-0.2, -0.15) is 0 Å². The van der Waals surface area contributed by atoms with Crippen molar-refractivity contribution in [1.82, 2.24) is 4.57 Å². The molecule has 1 aromatic carbocycles. The minimum absolute atomic E-state index is 0.0896. The van der Waals surface area contributed by atoms with Crippen LogP contribution in [0.5, 0.6) is 0 Å². The normalized spacial score (nSPS) is 20.8. The predicted octanol–water partition coefficient (Wildman–Crippen LogP) is 2.91. The lowest BCUT2D eigenvalue weighted by atomic mass is 10.1. The first kappa shape index (κ1) is 13.9. The van der Waals surface area contributed by atoms with Gasteiger partial charge in [0.25, 0.3) is 0 Å². The molecule has 21 heavy (non-hydrogen) atoms. The Morgan fingerprint density at radius 1 is 1.43 bits per heavy atom. The molecule has 4 nitrogen and oxygen atoms in total. The van der Waals surface area contributed by atoms with Crippen molar-refractivity contribution in [3.8, 4) is 0 Å². The number of alkyl halides is 1. The number of rotatable bonds is 2. The smallest absolute Gasteiger partial charge is 0.341 e. The van der Waals surface area contributed by atoms with E-state index in [0.29, 0.717) is 6.07 Å². The fourth-order valence-corrected chi connectivity index (χ4v) is 2.56. The van der Waals surface area contributed by atoms with Crippen molar-refractivity contribution in [2.24, 2.45) is 0 Å². The van der Waals surface area contributed by atoms with Gasteiger partial charge in [0.15, 0.2) is 11.6 Å². The minimum Gasteiger partial charge on any atom is -0.477 e. The quantitative estimate of drug-likeness (QED) is 0.866. The van der Waals surface area contributed by atoms with Crippen LogP contribution in [0.4, 0.5) is 13.2 Å². The molecule has 0 spiro atoms. The molecule has 0 amide bonds. The van der Waals surface area contributed by atoms with Gasteiger partial charge in [0.1, 0.15) is 16.8 Å². The molecule has 1 aromatic heterocycles. The lowest BCUT2D eigenvalue weighted by Crippen LogP contribution is -2.19. The van der Waals surface area contributed by atoms with Crippen LogP contribution in [0.3, 0.4) is 0 Å². The third-order valence-electron chi connectivity index (χ3n) is 3.42. The van der Waals surface area contributed by atoms with Crippen LogP contribution in [0.15, 0.2) is 17.1 Å². The van der Waals surface area contributed by atoms with Gasteiger partial charge in [0.2, 0.25) is 5.43 Å². The Bertz CT molecular complexity index is 849. The number of hydrogen-bond acceptors (Lipinski definition) is 2. The average molecular weight is 318 g/mol. The van der Waals surface area contributed by atoms with Crippen LogP contribution in [0.25, 0.3) is 10.9 Å². The van der Waals surface area contributed by atoms with Crippen molar-refractivity contribution >= 4 is 28.5 Å². The number of halogens is 4. The summed E-state index contributed by atoms with van der Waals surface area (Å²) in [7, 11) is 0. The Morgan fingerprint density at radius 3 is 2.57 bits per heavy atom. The molecule has 1 aliphatic rings. The first-order chi connectivity index (χ1) is 9.82. The summed E-state index contributed by atoms with van der Waals surface area (Å²) in [5.74, 6) is -4.27. The highest BCUT2D eigenvalue weighted by atomic mass is 35.5. The molecule has 3 rings (SSSR count). The van der Waals surface area contributed by atoms with Crippen molar-refractivity contribution in [3.05, 3.63) is 44.7 Å². The number of fused-ring (bicyclic) bond motifs is 1. The second kappa shape index (κ2) is 4.49. The summed E-state index contributed by atoms with van der Waals surface area (Å²) in [6.45, 7) is 0. The molecule has 2 atom stereocenters. The summed E-state index contributed by atoms with van der Waals surface area (Å²) in [4.78, 5) is 23.1. The Labute approximate surface area is 120 Å². The summed E-state index contributed by atoms with van der Waals surface area (Å²) < 4.78 is 41.4. The number of carboxylic acid groups (broad SMARTS) is 1. The molecular weight excluding hydrogens is 311 g/mol. The van der Waals surface area contributed by atoms with Crippen molar-refractivity contribution in [2.75, 3.05) is 0 Å². The molecule has 2 aromatic rings. The topological polar surface area (TPSA) is 59.3 Å². The molecule has 110 valence electrons. The molecule has 0 radical (unpaired) electrons. The number of aromatic carboxylic acids is 1. The maximum Gasteiger partial charge on any atom is 0.341 e.